The third-order valence-corrected chi connectivity index (χ3v) is 1.83. The zero-order valence-corrected chi connectivity index (χ0v) is 7.60. The van der Waals surface area contributed by atoms with Crippen molar-refractivity contribution in [2.24, 2.45) is 0 Å². The summed E-state index contributed by atoms with van der Waals surface area (Å²) in [7, 11) is 0. The van der Waals surface area contributed by atoms with Gasteiger partial charge in [-0.2, -0.15) is 13.2 Å². The molecule has 16 heavy (non-hydrogen) atoms. The second-order valence-electron chi connectivity index (χ2n) is 3.05. The van der Waals surface area contributed by atoms with Crippen molar-refractivity contribution in [3.05, 3.63) is 35.1 Å². The van der Waals surface area contributed by atoms with Gasteiger partial charge in [0.25, 0.3) is 6.43 Å². The van der Waals surface area contributed by atoms with Crippen molar-refractivity contribution in [3.63, 3.8) is 0 Å². The summed E-state index contributed by atoms with van der Waals surface area (Å²) in [4.78, 5) is 0. The maximum Gasteiger partial charge on any atom is 0.416 e. The first-order chi connectivity index (χ1) is 7.21. The van der Waals surface area contributed by atoms with E-state index in [1.165, 1.54) is 0 Å². The maximum atomic E-state index is 12.7. The van der Waals surface area contributed by atoms with Gasteiger partial charge in [-0.05, 0) is 23.8 Å². The summed E-state index contributed by atoms with van der Waals surface area (Å²) in [6, 6.07) is 0.896. The molecule has 0 spiro atoms. The Morgan fingerprint density at radius 2 is 1.62 bits per heavy atom. The van der Waals surface area contributed by atoms with Gasteiger partial charge in [-0.25, -0.2) is 13.2 Å². The van der Waals surface area contributed by atoms with Crippen LogP contribution in [0.3, 0.4) is 0 Å². The van der Waals surface area contributed by atoms with Gasteiger partial charge >= 0.3 is 6.18 Å². The van der Waals surface area contributed by atoms with E-state index in [1.54, 1.807) is 0 Å². The molecule has 1 atom stereocenters. The zero-order chi connectivity index (χ0) is 12.5. The third-order valence-electron chi connectivity index (χ3n) is 1.83. The lowest BCUT2D eigenvalue weighted by molar-refractivity contribution is -0.138. The number of halogens is 6. The molecule has 1 aromatic rings. The summed E-state index contributed by atoms with van der Waals surface area (Å²) >= 11 is 0. The molecule has 0 saturated carbocycles. The summed E-state index contributed by atoms with van der Waals surface area (Å²) in [6.07, 6.45) is -10.6. The van der Waals surface area contributed by atoms with Crippen LogP contribution >= 0.6 is 0 Å². The minimum absolute atomic E-state index is 0.168. The SMILES string of the molecule is OC(c1cc(F)cc(C(F)(F)F)c1)C(F)F. The van der Waals surface area contributed by atoms with Gasteiger partial charge in [0.2, 0.25) is 0 Å². The minimum atomic E-state index is -4.85. The molecular weight excluding hydrogens is 238 g/mol. The Hall–Kier alpha value is -1.24. The van der Waals surface area contributed by atoms with Crippen LogP contribution in [0.4, 0.5) is 26.3 Å². The van der Waals surface area contributed by atoms with Crippen LogP contribution in [0.1, 0.15) is 17.2 Å². The van der Waals surface area contributed by atoms with E-state index in [2.05, 4.69) is 0 Å². The van der Waals surface area contributed by atoms with Gasteiger partial charge < -0.3 is 5.11 Å². The number of benzene rings is 1. The zero-order valence-electron chi connectivity index (χ0n) is 7.60. The molecule has 1 N–H and O–H groups in total. The standard InChI is InChI=1S/C9H6F6O/c10-6-2-4(7(16)8(11)12)1-5(3-6)9(13,14)15/h1-3,7-8,16H. The van der Waals surface area contributed by atoms with Crippen LogP contribution in [0.5, 0.6) is 0 Å². The largest absolute Gasteiger partial charge is 0.416 e. The Labute approximate surface area is 86.3 Å². The number of aliphatic hydroxyl groups is 1. The Morgan fingerprint density at radius 1 is 1.06 bits per heavy atom. The topological polar surface area (TPSA) is 20.2 Å². The van der Waals surface area contributed by atoms with Crippen LogP contribution in [0, 0.1) is 5.82 Å². The van der Waals surface area contributed by atoms with Crippen LogP contribution < -0.4 is 0 Å². The lowest BCUT2D eigenvalue weighted by Crippen LogP contribution is -2.12. The maximum absolute atomic E-state index is 12.7. The first-order valence-corrected chi connectivity index (χ1v) is 4.05. The molecule has 0 amide bonds. The second kappa shape index (κ2) is 4.32. The fraction of sp³-hybridized carbons (Fsp3) is 0.333. The molecule has 7 heteroatoms. The first kappa shape index (κ1) is 12.8. The molecule has 0 aliphatic carbocycles. The summed E-state index contributed by atoms with van der Waals surface area (Å²) in [5.74, 6) is -1.33. The lowest BCUT2D eigenvalue weighted by atomic mass is 10.1. The molecule has 1 rings (SSSR count). The molecule has 1 nitrogen and oxygen atoms in total. The van der Waals surface area contributed by atoms with Crippen molar-refractivity contribution in [1.82, 2.24) is 0 Å². The Morgan fingerprint density at radius 3 is 2.06 bits per heavy atom. The lowest BCUT2D eigenvalue weighted by Gasteiger charge is -2.13. The monoisotopic (exact) mass is 244 g/mol. The summed E-state index contributed by atoms with van der Waals surface area (Å²) in [6.45, 7) is 0. The highest BCUT2D eigenvalue weighted by Gasteiger charge is 2.32. The third kappa shape index (κ3) is 2.88. The van der Waals surface area contributed by atoms with Gasteiger partial charge in [-0.15, -0.1) is 0 Å². The molecule has 0 aliphatic heterocycles. The average Bonchev–Trinajstić information content (AvgIpc) is 2.14. The van der Waals surface area contributed by atoms with Gasteiger partial charge in [-0.1, -0.05) is 0 Å². The minimum Gasteiger partial charge on any atom is -0.382 e. The summed E-state index contributed by atoms with van der Waals surface area (Å²) < 4.78 is 73.3. The molecule has 0 saturated heterocycles. The van der Waals surface area contributed by atoms with Gasteiger partial charge in [0.15, 0.2) is 0 Å². The fourth-order valence-corrected chi connectivity index (χ4v) is 1.09. The summed E-state index contributed by atoms with van der Waals surface area (Å²) in [5.41, 5.74) is -2.22. The van der Waals surface area contributed by atoms with Crippen LogP contribution in [0.15, 0.2) is 18.2 Å². The van der Waals surface area contributed by atoms with E-state index < -0.39 is 35.6 Å². The van der Waals surface area contributed by atoms with Gasteiger partial charge in [0.1, 0.15) is 11.9 Å². The number of alkyl halides is 5. The highest BCUT2D eigenvalue weighted by molar-refractivity contribution is 5.28. The molecule has 0 heterocycles. The number of hydrogen-bond donors (Lipinski definition) is 1. The van der Waals surface area contributed by atoms with Crippen molar-refractivity contribution < 1.29 is 31.4 Å². The predicted molar refractivity (Wildman–Crippen MR) is 42.4 cm³/mol. The first-order valence-electron chi connectivity index (χ1n) is 4.05. The molecule has 90 valence electrons. The Kier molecular flexibility index (Phi) is 3.47. The van der Waals surface area contributed by atoms with Gasteiger partial charge in [-0.3, -0.25) is 0 Å². The van der Waals surface area contributed by atoms with Crippen LogP contribution in [0.25, 0.3) is 0 Å². The molecule has 1 unspecified atom stereocenters. The van der Waals surface area contributed by atoms with E-state index in [0.29, 0.717) is 12.1 Å². The quantitative estimate of drug-likeness (QED) is 0.792. The highest BCUT2D eigenvalue weighted by atomic mass is 19.4. The van der Waals surface area contributed by atoms with Crippen LogP contribution in [0.2, 0.25) is 0 Å². The molecule has 0 aliphatic rings. The van der Waals surface area contributed by atoms with Crippen molar-refractivity contribution in [3.8, 4) is 0 Å². The van der Waals surface area contributed by atoms with E-state index in [4.69, 9.17) is 5.11 Å². The van der Waals surface area contributed by atoms with Crippen molar-refractivity contribution in [1.29, 1.82) is 0 Å². The number of aliphatic hydroxyl groups excluding tert-OH is 1. The molecule has 0 fully saturated rings. The van der Waals surface area contributed by atoms with E-state index in [-0.39, 0.29) is 6.07 Å². The highest BCUT2D eigenvalue weighted by Crippen LogP contribution is 2.32. The van der Waals surface area contributed by atoms with E-state index in [9.17, 15) is 26.3 Å². The van der Waals surface area contributed by atoms with Crippen LogP contribution in [-0.2, 0) is 6.18 Å². The van der Waals surface area contributed by atoms with Crippen molar-refractivity contribution >= 4 is 0 Å². The van der Waals surface area contributed by atoms with Gasteiger partial charge in [0, 0.05) is 0 Å². The average molecular weight is 244 g/mol. The normalized spacial score (nSPS) is 14.2. The number of rotatable bonds is 2. The van der Waals surface area contributed by atoms with Gasteiger partial charge in [0.05, 0.1) is 5.56 Å². The molecule has 0 bridgehead atoms. The molecular formula is C9H6F6O. The molecule has 0 radical (unpaired) electrons. The van der Waals surface area contributed by atoms with Crippen molar-refractivity contribution in [2.75, 3.05) is 0 Å². The predicted octanol–water partition coefficient (Wildman–Crippen LogP) is 3.14. The van der Waals surface area contributed by atoms with Crippen molar-refractivity contribution in [2.45, 2.75) is 18.7 Å². The fourth-order valence-electron chi connectivity index (χ4n) is 1.09. The summed E-state index contributed by atoms with van der Waals surface area (Å²) in [5, 5.41) is 8.83. The van der Waals surface area contributed by atoms with E-state index >= 15 is 0 Å². The second-order valence-corrected chi connectivity index (χ2v) is 3.05. The van der Waals surface area contributed by atoms with E-state index in [1.807, 2.05) is 0 Å². The Bertz CT molecular complexity index is 373. The van der Waals surface area contributed by atoms with E-state index in [0.717, 1.165) is 0 Å². The number of hydrogen-bond acceptors (Lipinski definition) is 1. The van der Waals surface area contributed by atoms with Crippen LogP contribution in [-0.4, -0.2) is 11.5 Å². The smallest absolute Gasteiger partial charge is 0.382 e. The molecule has 1 aromatic carbocycles. The Balaban J connectivity index is 3.18. The molecule has 0 aromatic heterocycles.